The maximum atomic E-state index is 12.5. The minimum atomic E-state index is -0.571. The second kappa shape index (κ2) is 11.5. The molecule has 0 aliphatic heterocycles. The third-order valence-electron chi connectivity index (χ3n) is 4.15. The number of rotatable bonds is 10. The number of nitrogens with zero attached hydrogens (tertiary/aromatic N) is 1. The summed E-state index contributed by atoms with van der Waals surface area (Å²) in [6.07, 6.45) is 3.75. The Bertz CT molecular complexity index is 868. The average Bonchev–Trinajstić information content (AvgIpc) is 2.77. The number of unbranched alkanes of at least 4 members (excludes halogenated alkanes) is 1. The Balaban J connectivity index is 2.03. The molecule has 0 bridgehead atoms. The number of hydrazone groups is 1. The van der Waals surface area contributed by atoms with Gasteiger partial charge in [-0.15, -0.1) is 0 Å². The molecule has 160 valence electrons. The van der Waals surface area contributed by atoms with Gasteiger partial charge >= 0.3 is 5.97 Å². The van der Waals surface area contributed by atoms with Crippen molar-refractivity contribution < 1.29 is 28.5 Å². The first kappa shape index (κ1) is 22.7. The lowest BCUT2D eigenvalue weighted by molar-refractivity contribution is -0.121. The van der Waals surface area contributed by atoms with Crippen molar-refractivity contribution in [1.29, 1.82) is 0 Å². The molecule has 1 amide bonds. The van der Waals surface area contributed by atoms with Crippen molar-refractivity contribution in [2.75, 3.05) is 21.3 Å². The number of benzene rings is 2. The fourth-order valence-electron chi connectivity index (χ4n) is 2.56. The van der Waals surface area contributed by atoms with Crippen molar-refractivity contribution in [3.63, 3.8) is 0 Å². The molecule has 0 atom stereocenters. The van der Waals surface area contributed by atoms with Crippen LogP contribution in [0.5, 0.6) is 23.0 Å². The maximum Gasteiger partial charge on any atom is 0.343 e. The van der Waals surface area contributed by atoms with E-state index < -0.39 is 5.97 Å². The van der Waals surface area contributed by atoms with E-state index in [1.165, 1.54) is 39.7 Å². The van der Waals surface area contributed by atoms with Gasteiger partial charge in [-0.2, -0.15) is 5.10 Å². The molecule has 0 aromatic heterocycles. The lowest BCUT2D eigenvalue weighted by Gasteiger charge is -2.13. The summed E-state index contributed by atoms with van der Waals surface area (Å²) in [5, 5.41) is 3.92. The Morgan fingerprint density at radius 3 is 2.17 bits per heavy atom. The first-order valence-electron chi connectivity index (χ1n) is 9.46. The van der Waals surface area contributed by atoms with E-state index in [4.69, 9.17) is 18.9 Å². The van der Waals surface area contributed by atoms with Crippen molar-refractivity contribution in [1.82, 2.24) is 5.43 Å². The molecule has 0 heterocycles. The van der Waals surface area contributed by atoms with Crippen LogP contribution in [0.2, 0.25) is 0 Å². The Morgan fingerprint density at radius 2 is 1.63 bits per heavy atom. The number of hydrogen-bond donors (Lipinski definition) is 1. The van der Waals surface area contributed by atoms with Crippen molar-refractivity contribution in [2.24, 2.45) is 5.10 Å². The van der Waals surface area contributed by atoms with Crippen molar-refractivity contribution in [3.8, 4) is 23.0 Å². The van der Waals surface area contributed by atoms with Crippen LogP contribution >= 0.6 is 0 Å². The molecule has 2 rings (SSSR count). The zero-order chi connectivity index (χ0) is 21.9. The van der Waals surface area contributed by atoms with Crippen LogP contribution in [0.1, 0.15) is 42.1 Å². The molecule has 0 saturated heterocycles. The second-order valence-electron chi connectivity index (χ2n) is 6.27. The summed E-state index contributed by atoms with van der Waals surface area (Å²) in [7, 11) is 4.43. The van der Waals surface area contributed by atoms with Gasteiger partial charge in [0.25, 0.3) is 0 Å². The van der Waals surface area contributed by atoms with Crippen molar-refractivity contribution in [3.05, 3.63) is 47.5 Å². The topological polar surface area (TPSA) is 95.5 Å². The monoisotopic (exact) mass is 414 g/mol. The van der Waals surface area contributed by atoms with Gasteiger partial charge in [0, 0.05) is 6.42 Å². The van der Waals surface area contributed by atoms with Gasteiger partial charge in [-0.25, -0.2) is 10.2 Å². The molecule has 8 nitrogen and oxygen atoms in total. The fraction of sp³-hybridized carbons (Fsp3) is 0.318. The molecule has 2 aromatic rings. The molecule has 0 radical (unpaired) electrons. The zero-order valence-corrected chi connectivity index (χ0v) is 17.6. The first-order chi connectivity index (χ1) is 14.5. The quantitative estimate of drug-likeness (QED) is 0.276. The standard InChI is InChI=1S/C22H26N2O6/c1-5-6-7-20(25)24-23-14-15-8-10-17(11-9-15)30-22(26)16-12-18(27-2)21(29-4)19(13-16)28-3/h8-14H,5-7H2,1-4H3,(H,24,25). The van der Waals surface area contributed by atoms with E-state index >= 15 is 0 Å². The highest BCUT2D eigenvalue weighted by Gasteiger charge is 2.18. The summed E-state index contributed by atoms with van der Waals surface area (Å²) >= 11 is 0. The van der Waals surface area contributed by atoms with Crippen LogP contribution < -0.4 is 24.4 Å². The number of esters is 1. The van der Waals surface area contributed by atoms with E-state index in [0.29, 0.717) is 29.4 Å². The molecule has 2 aromatic carbocycles. The molecule has 0 spiro atoms. The molecule has 0 aliphatic carbocycles. The number of methoxy groups -OCH3 is 3. The molecular weight excluding hydrogens is 388 g/mol. The van der Waals surface area contributed by atoms with Crippen molar-refractivity contribution in [2.45, 2.75) is 26.2 Å². The molecule has 0 fully saturated rings. The highest BCUT2D eigenvalue weighted by molar-refractivity contribution is 5.93. The smallest absolute Gasteiger partial charge is 0.343 e. The van der Waals surface area contributed by atoms with Crippen molar-refractivity contribution >= 4 is 18.1 Å². The van der Waals surface area contributed by atoms with E-state index in [2.05, 4.69) is 10.5 Å². The molecule has 30 heavy (non-hydrogen) atoms. The molecule has 0 unspecified atom stereocenters. The van der Waals surface area contributed by atoms with Gasteiger partial charge in [-0.1, -0.05) is 13.3 Å². The molecule has 0 aliphatic rings. The average molecular weight is 414 g/mol. The van der Waals surface area contributed by atoms with Crippen LogP contribution in [-0.2, 0) is 4.79 Å². The zero-order valence-electron chi connectivity index (χ0n) is 17.6. The van der Waals surface area contributed by atoms with Crippen LogP contribution in [0.4, 0.5) is 0 Å². The van der Waals surface area contributed by atoms with E-state index in [1.807, 2.05) is 6.92 Å². The number of carbonyl (C=O) groups is 2. The Kier molecular flexibility index (Phi) is 8.68. The Labute approximate surface area is 175 Å². The highest BCUT2D eigenvalue weighted by atomic mass is 16.5. The van der Waals surface area contributed by atoms with E-state index in [-0.39, 0.29) is 11.5 Å². The summed E-state index contributed by atoms with van der Waals surface area (Å²) < 4.78 is 21.2. The minimum absolute atomic E-state index is 0.121. The number of hydrogen-bond acceptors (Lipinski definition) is 7. The normalized spacial score (nSPS) is 10.5. The van der Waals surface area contributed by atoms with Crippen LogP contribution in [0.15, 0.2) is 41.5 Å². The molecule has 8 heteroatoms. The maximum absolute atomic E-state index is 12.5. The van der Waals surface area contributed by atoms with Crippen LogP contribution in [0.3, 0.4) is 0 Å². The predicted octanol–water partition coefficient (Wildman–Crippen LogP) is 3.57. The van der Waals surface area contributed by atoms with Gasteiger partial charge in [0.2, 0.25) is 11.7 Å². The second-order valence-corrected chi connectivity index (χ2v) is 6.27. The van der Waals surface area contributed by atoms with E-state index in [0.717, 1.165) is 18.4 Å². The largest absolute Gasteiger partial charge is 0.493 e. The predicted molar refractivity (Wildman–Crippen MR) is 113 cm³/mol. The Morgan fingerprint density at radius 1 is 1.00 bits per heavy atom. The molecule has 1 N–H and O–H groups in total. The van der Waals surface area contributed by atoms with Gasteiger partial charge in [-0.05, 0) is 48.4 Å². The van der Waals surface area contributed by atoms with Gasteiger partial charge in [0.05, 0.1) is 33.1 Å². The van der Waals surface area contributed by atoms with Gasteiger partial charge in [0.1, 0.15) is 5.75 Å². The van der Waals surface area contributed by atoms with Gasteiger partial charge in [0.15, 0.2) is 11.5 Å². The lowest BCUT2D eigenvalue weighted by Crippen LogP contribution is -2.16. The van der Waals surface area contributed by atoms with Crippen LogP contribution in [-0.4, -0.2) is 39.4 Å². The molecular formula is C22H26N2O6. The molecule has 0 saturated carbocycles. The number of ether oxygens (including phenoxy) is 4. The van der Waals surface area contributed by atoms with Gasteiger partial charge < -0.3 is 18.9 Å². The lowest BCUT2D eigenvalue weighted by atomic mass is 10.2. The van der Waals surface area contributed by atoms with E-state index in [9.17, 15) is 9.59 Å². The number of amides is 1. The number of nitrogens with one attached hydrogen (secondary N) is 1. The summed E-state index contributed by atoms with van der Waals surface area (Å²) in [5.74, 6) is 0.774. The highest BCUT2D eigenvalue weighted by Crippen LogP contribution is 2.38. The third kappa shape index (κ3) is 6.23. The number of carbonyl (C=O) groups excluding carboxylic acids is 2. The SMILES string of the molecule is CCCCC(=O)NN=Cc1ccc(OC(=O)c2cc(OC)c(OC)c(OC)c2)cc1. The summed E-state index contributed by atoms with van der Waals surface area (Å²) in [6.45, 7) is 2.02. The summed E-state index contributed by atoms with van der Waals surface area (Å²) in [5.41, 5.74) is 3.48. The third-order valence-corrected chi connectivity index (χ3v) is 4.15. The van der Waals surface area contributed by atoms with Crippen LogP contribution in [0.25, 0.3) is 0 Å². The summed E-state index contributed by atoms with van der Waals surface area (Å²) in [4.78, 5) is 24.0. The Hall–Kier alpha value is -3.55. The van der Waals surface area contributed by atoms with Gasteiger partial charge in [-0.3, -0.25) is 4.79 Å². The van der Waals surface area contributed by atoms with E-state index in [1.54, 1.807) is 24.3 Å². The van der Waals surface area contributed by atoms with Crippen LogP contribution in [0, 0.1) is 0 Å². The minimum Gasteiger partial charge on any atom is -0.493 e. The summed E-state index contributed by atoms with van der Waals surface area (Å²) in [6, 6.07) is 9.75. The first-order valence-corrected chi connectivity index (χ1v) is 9.46. The fourth-order valence-corrected chi connectivity index (χ4v) is 2.56.